The third-order valence-electron chi connectivity index (χ3n) is 4.29. The van der Waals surface area contributed by atoms with Gasteiger partial charge in [-0.3, -0.25) is 9.59 Å². The van der Waals surface area contributed by atoms with E-state index >= 15 is 0 Å². The molecule has 0 saturated carbocycles. The highest BCUT2D eigenvalue weighted by Crippen LogP contribution is 2.26. The SMILES string of the molecule is CCOc1cccc(NC(=O)C2=NN(c3cc(C)ccc3C)C(=O)CC2)c1. The number of hydrogen-bond acceptors (Lipinski definition) is 4. The molecule has 2 aromatic rings. The largest absolute Gasteiger partial charge is 0.494 e. The maximum atomic E-state index is 12.7. The molecule has 6 nitrogen and oxygen atoms in total. The van der Waals surface area contributed by atoms with E-state index in [4.69, 9.17) is 4.74 Å². The lowest BCUT2D eigenvalue weighted by molar-refractivity contribution is -0.118. The maximum Gasteiger partial charge on any atom is 0.271 e. The Morgan fingerprint density at radius 3 is 2.78 bits per heavy atom. The third-order valence-corrected chi connectivity index (χ3v) is 4.29. The Bertz CT molecular complexity index is 905. The molecule has 0 saturated heterocycles. The zero-order chi connectivity index (χ0) is 19.4. The van der Waals surface area contributed by atoms with E-state index < -0.39 is 0 Å². The summed E-state index contributed by atoms with van der Waals surface area (Å²) in [5.74, 6) is 0.262. The third kappa shape index (κ3) is 4.34. The normalized spacial score (nSPS) is 14.0. The van der Waals surface area contributed by atoms with Crippen LogP contribution in [-0.2, 0) is 9.59 Å². The number of nitrogens with zero attached hydrogens (tertiary/aromatic N) is 2. The number of benzene rings is 2. The zero-order valence-corrected chi connectivity index (χ0v) is 15.8. The van der Waals surface area contributed by atoms with Crippen molar-refractivity contribution in [3.8, 4) is 5.75 Å². The fourth-order valence-corrected chi connectivity index (χ4v) is 2.89. The second-order valence-corrected chi connectivity index (χ2v) is 6.46. The quantitative estimate of drug-likeness (QED) is 0.875. The van der Waals surface area contributed by atoms with Gasteiger partial charge in [0.25, 0.3) is 5.91 Å². The van der Waals surface area contributed by atoms with Crippen molar-refractivity contribution in [1.29, 1.82) is 0 Å². The molecule has 27 heavy (non-hydrogen) atoms. The molecule has 0 fully saturated rings. The number of carbonyl (C=O) groups excluding carboxylic acids is 2. The number of aryl methyl sites for hydroxylation is 2. The highest BCUT2D eigenvalue weighted by Gasteiger charge is 2.26. The van der Waals surface area contributed by atoms with Gasteiger partial charge in [0.15, 0.2) is 0 Å². The van der Waals surface area contributed by atoms with Crippen LogP contribution >= 0.6 is 0 Å². The van der Waals surface area contributed by atoms with E-state index in [9.17, 15) is 9.59 Å². The molecule has 0 atom stereocenters. The summed E-state index contributed by atoms with van der Waals surface area (Å²) >= 11 is 0. The van der Waals surface area contributed by atoms with Gasteiger partial charge in [0, 0.05) is 24.6 Å². The molecule has 6 heteroatoms. The summed E-state index contributed by atoms with van der Waals surface area (Å²) in [6, 6.07) is 13.0. The number of carbonyl (C=O) groups is 2. The van der Waals surface area contributed by atoms with E-state index in [1.54, 1.807) is 12.1 Å². The summed E-state index contributed by atoms with van der Waals surface area (Å²) in [6.07, 6.45) is 0.565. The molecule has 140 valence electrons. The van der Waals surface area contributed by atoms with E-state index in [1.165, 1.54) is 5.01 Å². The molecule has 1 heterocycles. The monoisotopic (exact) mass is 365 g/mol. The van der Waals surface area contributed by atoms with Crippen LogP contribution in [-0.4, -0.2) is 24.1 Å². The van der Waals surface area contributed by atoms with E-state index in [0.29, 0.717) is 35.9 Å². The first-order valence-corrected chi connectivity index (χ1v) is 9.00. The predicted octanol–water partition coefficient (Wildman–Crippen LogP) is 3.82. The molecule has 0 radical (unpaired) electrons. The lowest BCUT2D eigenvalue weighted by atomic mass is 10.1. The highest BCUT2D eigenvalue weighted by molar-refractivity contribution is 6.44. The van der Waals surface area contributed by atoms with Crippen LogP contribution in [0.4, 0.5) is 11.4 Å². The van der Waals surface area contributed by atoms with Crippen molar-refractivity contribution < 1.29 is 14.3 Å². The number of nitrogens with one attached hydrogen (secondary N) is 1. The number of hydrogen-bond donors (Lipinski definition) is 1. The van der Waals surface area contributed by atoms with Crippen LogP contribution in [0.2, 0.25) is 0 Å². The van der Waals surface area contributed by atoms with Gasteiger partial charge in [-0.2, -0.15) is 5.10 Å². The molecule has 0 aromatic heterocycles. The Labute approximate surface area is 158 Å². The molecular weight excluding hydrogens is 342 g/mol. The minimum absolute atomic E-state index is 0.112. The van der Waals surface area contributed by atoms with Crippen LogP contribution in [0.1, 0.15) is 30.9 Å². The highest BCUT2D eigenvalue weighted by atomic mass is 16.5. The number of hydrazone groups is 1. The summed E-state index contributed by atoms with van der Waals surface area (Å²) < 4.78 is 5.45. The van der Waals surface area contributed by atoms with Crippen LogP contribution < -0.4 is 15.1 Å². The van der Waals surface area contributed by atoms with Gasteiger partial charge in [-0.05, 0) is 50.1 Å². The first-order chi connectivity index (χ1) is 13.0. The molecule has 1 aliphatic heterocycles. The van der Waals surface area contributed by atoms with E-state index in [2.05, 4.69) is 10.4 Å². The topological polar surface area (TPSA) is 71.0 Å². The average Bonchev–Trinajstić information content (AvgIpc) is 2.65. The number of amides is 2. The number of rotatable bonds is 5. The molecule has 2 aromatic carbocycles. The second kappa shape index (κ2) is 8.03. The van der Waals surface area contributed by atoms with Crippen LogP contribution in [0.5, 0.6) is 5.75 Å². The average molecular weight is 365 g/mol. The molecule has 0 aliphatic carbocycles. The Hall–Kier alpha value is -3.15. The molecule has 0 bridgehead atoms. The molecule has 0 unspecified atom stereocenters. The van der Waals surface area contributed by atoms with Gasteiger partial charge < -0.3 is 10.1 Å². The minimum atomic E-state index is -0.313. The van der Waals surface area contributed by atoms with Crippen molar-refractivity contribution in [2.45, 2.75) is 33.6 Å². The zero-order valence-electron chi connectivity index (χ0n) is 15.8. The van der Waals surface area contributed by atoms with Gasteiger partial charge in [0.2, 0.25) is 5.91 Å². The maximum absolute atomic E-state index is 12.7. The van der Waals surface area contributed by atoms with Gasteiger partial charge in [0.05, 0.1) is 12.3 Å². The van der Waals surface area contributed by atoms with Crippen LogP contribution in [0.15, 0.2) is 47.6 Å². The summed E-state index contributed by atoms with van der Waals surface area (Å²) in [4.78, 5) is 25.0. The van der Waals surface area contributed by atoms with E-state index in [-0.39, 0.29) is 18.2 Å². The number of anilines is 2. The predicted molar refractivity (Wildman–Crippen MR) is 106 cm³/mol. The van der Waals surface area contributed by atoms with Gasteiger partial charge in [0.1, 0.15) is 11.5 Å². The van der Waals surface area contributed by atoms with Crippen molar-refractivity contribution in [3.63, 3.8) is 0 Å². The molecule has 3 rings (SSSR count). The number of ether oxygens (including phenoxy) is 1. The Kier molecular flexibility index (Phi) is 5.54. The Morgan fingerprint density at radius 1 is 1.19 bits per heavy atom. The van der Waals surface area contributed by atoms with Gasteiger partial charge in [-0.15, -0.1) is 0 Å². The lowest BCUT2D eigenvalue weighted by Gasteiger charge is -2.24. The van der Waals surface area contributed by atoms with Gasteiger partial charge in [-0.1, -0.05) is 18.2 Å². The van der Waals surface area contributed by atoms with Crippen molar-refractivity contribution in [2.75, 3.05) is 16.9 Å². The first-order valence-electron chi connectivity index (χ1n) is 9.00. The summed E-state index contributed by atoms with van der Waals surface area (Å²) in [6.45, 7) is 6.34. The molecular formula is C21H23N3O3. The molecule has 1 aliphatic rings. The Balaban J connectivity index is 1.83. The molecule has 2 amide bonds. The first kappa shape index (κ1) is 18.6. The standard InChI is InChI=1S/C21H23N3O3/c1-4-27-17-7-5-6-16(13-17)22-21(26)18-10-11-20(25)24(23-18)19-12-14(2)8-9-15(19)3/h5-9,12-13H,4,10-11H2,1-3H3,(H,22,26). The van der Waals surface area contributed by atoms with Gasteiger partial charge >= 0.3 is 0 Å². The smallest absolute Gasteiger partial charge is 0.271 e. The fraction of sp³-hybridized carbons (Fsp3) is 0.286. The van der Waals surface area contributed by atoms with E-state index in [1.807, 2.05) is 51.1 Å². The molecule has 1 N–H and O–H groups in total. The summed E-state index contributed by atoms with van der Waals surface area (Å²) in [7, 11) is 0. The van der Waals surface area contributed by atoms with Crippen LogP contribution in [0, 0.1) is 13.8 Å². The van der Waals surface area contributed by atoms with Gasteiger partial charge in [-0.25, -0.2) is 5.01 Å². The lowest BCUT2D eigenvalue weighted by Crippen LogP contribution is -2.36. The fourth-order valence-electron chi connectivity index (χ4n) is 2.89. The van der Waals surface area contributed by atoms with Crippen LogP contribution in [0.25, 0.3) is 0 Å². The van der Waals surface area contributed by atoms with Crippen molar-refractivity contribution in [2.24, 2.45) is 5.10 Å². The van der Waals surface area contributed by atoms with Crippen molar-refractivity contribution in [1.82, 2.24) is 0 Å². The minimum Gasteiger partial charge on any atom is -0.494 e. The summed E-state index contributed by atoms with van der Waals surface area (Å²) in [5, 5.41) is 8.53. The summed E-state index contributed by atoms with van der Waals surface area (Å²) in [5.41, 5.74) is 3.64. The van der Waals surface area contributed by atoms with Crippen LogP contribution in [0.3, 0.4) is 0 Å². The van der Waals surface area contributed by atoms with Crippen molar-refractivity contribution in [3.05, 3.63) is 53.6 Å². The Morgan fingerprint density at radius 2 is 2.00 bits per heavy atom. The second-order valence-electron chi connectivity index (χ2n) is 6.46. The molecule has 0 spiro atoms. The van der Waals surface area contributed by atoms with E-state index in [0.717, 1.165) is 11.1 Å². The van der Waals surface area contributed by atoms with Crippen molar-refractivity contribution >= 4 is 28.9 Å².